The predicted molar refractivity (Wildman–Crippen MR) is 104 cm³/mol. The van der Waals surface area contributed by atoms with Gasteiger partial charge in [0.15, 0.2) is 5.96 Å². The number of aliphatic imine (C=N–C) groups is 1. The number of benzene rings is 1. The Morgan fingerprint density at radius 3 is 2.64 bits per heavy atom. The van der Waals surface area contributed by atoms with E-state index in [1.54, 1.807) is 11.6 Å². The highest BCUT2D eigenvalue weighted by Gasteiger charge is 2.21. The Labute approximate surface area is 151 Å². The maximum absolute atomic E-state index is 10.0. The van der Waals surface area contributed by atoms with Gasteiger partial charge in [0.2, 0.25) is 0 Å². The lowest BCUT2D eigenvalue weighted by atomic mass is 9.97. The Balaban J connectivity index is 1.47. The van der Waals surface area contributed by atoms with Crippen LogP contribution < -0.4 is 10.2 Å². The molecule has 1 aromatic rings. The van der Waals surface area contributed by atoms with E-state index in [4.69, 9.17) is 0 Å². The summed E-state index contributed by atoms with van der Waals surface area (Å²) >= 11 is 0. The number of para-hydroxylation sites is 2. The van der Waals surface area contributed by atoms with Crippen molar-refractivity contribution in [2.75, 3.05) is 44.7 Å². The van der Waals surface area contributed by atoms with Gasteiger partial charge in [-0.1, -0.05) is 23.8 Å². The Bertz CT molecular complexity index is 618. The van der Waals surface area contributed by atoms with E-state index in [0.29, 0.717) is 5.75 Å². The largest absolute Gasteiger partial charge is 0.506 e. The molecule has 1 fully saturated rings. The number of guanidine groups is 1. The summed E-state index contributed by atoms with van der Waals surface area (Å²) in [6.07, 6.45) is 8.74. The summed E-state index contributed by atoms with van der Waals surface area (Å²) in [5, 5.41) is 13.5. The molecule has 0 aromatic heterocycles. The van der Waals surface area contributed by atoms with Crippen molar-refractivity contribution in [3.63, 3.8) is 0 Å². The van der Waals surface area contributed by atoms with E-state index in [1.165, 1.54) is 25.7 Å². The third-order valence-electron chi connectivity index (χ3n) is 5.13. The first-order valence-electron chi connectivity index (χ1n) is 9.44. The van der Waals surface area contributed by atoms with Crippen molar-refractivity contribution in [1.29, 1.82) is 0 Å². The van der Waals surface area contributed by atoms with E-state index < -0.39 is 0 Å². The highest BCUT2D eigenvalue weighted by Crippen LogP contribution is 2.27. The molecule has 1 aliphatic carbocycles. The fourth-order valence-electron chi connectivity index (χ4n) is 3.69. The van der Waals surface area contributed by atoms with Crippen molar-refractivity contribution in [3.05, 3.63) is 35.9 Å². The number of phenolic OH excluding ortho intramolecular Hbond substituents is 1. The van der Waals surface area contributed by atoms with Gasteiger partial charge in [-0.2, -0.15) is 0 Å². The number of nitrogens with one attached hydrogen (secondary N) is 1. The number of nitrogens with zero attached hydrogens (tertiary/aromatic N) is 3. The van der Waals surface area contributed by atoms with E-state index in [1.807, 2.05) is 25.2 Å². The van der Waals surface area contributed by atoms with Crippen LogP contribution in [0.1, 0.15) is 32.1 Å². The predicted octanol–water partition coefficient (Wildman–Crippen LogP) is 2.98. The van der Waals surface area contributed by atoms with Crippen LogP contribution in [0, 0.1) is 0 Å². The van der Waals surface area contributed by atoms with Gasteiger partial charge in [0, 0.05) is 39.8 Å². The lowest BCUT2D eigenvalue weighted by Gasteiger charge is -2.37. The number of hydrogen-bond acceptors (Lipinski definition) is 3. The minimum Gasteiger partial charge on any atom is -0.506 e. The Morgan fingerprint density at radius 1 is 1.16 bits per heavy atom. The molecule has 0 atom stereocenters. The minimum absolute atomic E-state index is 0.360. The molecule has 3 rings (SSSR count). The first kappa shape index (κ1) is 17.6. The molecule has 5 nitrogen and oxygen atoms in total. The Kier molecular flexibility index (Phi) is 6.20. The molecule has 1 aromatic carbocycles. The molecule has 0 radical (unpaired) electrons. The van der Waals surface area contributed by atoms with E-state index in [9.17, 15) is 5.11 Å². The average Bonchev–Trinajstić information content (AvgIpc) is 2.67. The first-order chi connectivity index (χ1) is 12.3. The molecule has 0 bridgehead atoms. The first-order valence-corrected chi connectivity index (χ1v) is 9.44. The lowest BCUT2D eigenvalue weighted by Crippen LogP contribution is -2.52. The van der Waals surface area contributed by atoms with Crippen LogP contribution in [0.3, 0.4) is 0 Å². The summed E-state index contributed by atoms with van der Waals surface area (Å²) in [4.78, 5) is 9.01. The van der Waals surface area contributed by atoms with Gasteiger partial charge in [-0.3, -0.25) is 4.99 Å². The van der Waals surface area contributed by atoms with Crippen LogP contribution in [-0.4, -0.2) is 55.7 Å². The van der Waals surface area contributed by atoms with Gasteiger partial charge in [-0.25, -0.2) is 0 Å². The molecule has 5 heteroatoms. The molecule has 2 N–H and O–H groups in total. The molecule has 0 spiro atoms. The van der Waals surface area contributed by atoms with Crippen LogP contribution >= 0.6 is 0 Å². The lowest BCUT2D eigenvalue weighted by molar-refractivity contribution is 0.370. The second kappa shape index (κ2) is 8.79. The molecule has 0 amide bonds. The minimum atomic E-state index is 0.360. The second-order valence-corrected chi connectivity index (χ2v) is 6.79. The molecule has 2 aliphatic rings. The third kappa shape index (κ3) is 4.68. The van der Waals surface area contributed by atoms with Crippen LogP contribution in [0.5, 0.6) is 5.75 Å². The SMILES string of the molecule is CN=C(NCCC1=CCCCC1)N1CCN(c2ccccc2O)CC1. The fourth-order valence-corrected chi connectivity index (χ4v) is 3.69. The molecule has 1 saturated heterocycles. The van der Waals surface area contributed by atoms with Crippen molar-refractivity contribution in [2.24, 2.45) is 4.99 Å². The highest BCUT2D eigenvalue weighted by molar-refractivity contribution is 5.80. The molecular formula is C20H30N4O. The number of allylic oxidation sites excluding steroid dienone is 1. The summed E-state index contributed by atoms with van der Waals surface area (Å²) in [5.74, 6) is 1.35. The highest BCUT2D eigenvalue weighted by atomic mass is 16.3. The molecule has 0 unspecified atom stereocenters. The smallest absolute Gasteiger partial charge is 0.193 e. The van der Waals surface area contributed by atoms with Gasteiger partial charge in [0.1, 0.15) is 5.75 Å². The molecule has 1 aliphatic heterocycles. The molecule has 25 heavy (non-hydrogen) atoms. The quantitative estimate of drug-likeness (QED) is 0.502. The Hall–Kier alpha value is -2.17. The summed E-state index contributed by atoms with van der Waals surface area (Å²) in [6, 6.07) is 7.57. The standard InChI is InChI=1S/C20H30N4O/c1-21-20(22-12-11-17-7-3-2-4-8-17)24-15-13-23(14-16-24)18-9-5-6-10-19(18)25/h5-7,9-10,25H,2-4,8,11-16H2,1H3,(H,21,22). The van der Waals surface area contributed by atoms with E-state index >= 15 is 0 Å². The number of piperazine rings is 1. The topological polar surface area (TPSA) is 51.1 Å². The Morgan fingerprint density at radius 2 is 1.96 bits per heavy atom. The molecular weight excluding hydrogens is 312 g/mol. The summed E-state index contributed by atoms with van der Waals surface area (Å²) in [7, 11) is 1.86. The van der Waals surface area contributed by atoms with Crippen molar-refractivity contribution >= 4 is 11.6 Å². The van der Waals surface area contributed by atoms with Gasteiger partial charge in [0.05, 0.1) is 5.69 Å². The summed E-state index contributed by atoms with van der Waals surface area (Å²) in [6.45, 7) is 4.57. The van der Waals surface area contributed by atoms with Crippen molar-refractivity contribution in [1.82, 2.24) is 10.2 Å². The second-order valence-electron chi connectivity index (χ2n) is 6.79. The van der Waals surface area contributed by atoms with Crippen LogP contribution in [0.2, 0.25) is 0 Å². The van der Waals surface area contributed by atoms with Crippen LogP contribution in [0.15, 0.2) is 40.9 Å². The normalized spacial score (nSPS) is 18.9. The van der Waals surface area contributed by atoms with Crippen molar-refractivity contribution in [2.45, 2.75) is 32.1 Å². The zero-order valence-electron chi connectivity index (χ0n) is 15.2. The molecule has 136 valence electrons. The van der Waals surface area contributed by atoms with Crippen LogP contribution in [0.25, 0.3) is 0 Å². The number of phenols is 1. The average molecular weight is 342 g/mol. The van der Waals surface area contributed by atoms with Gasteiger partial charge in [-0.15, -0.1) is 0 Å². The van der Waals surface area contributed by atoms with Gasteiger partial charge in [0.25, 0.3) is 0 Å². The maximum Gasteiger partial charge on any atom is 0.193 e. The zero-order chi connectivity index (χ0) is 17.5. The van der Waals surface area contributed by atoms with Crippen LogP contribution in [-0.2, 0) is 0 Å². The van der Waals surface area contributed by atoms with E-state index in [2.05, 4.69) is 26.2 Å². The third-order valence-corrected chi connectivity index (χ3v) is 5.13. The van der Waals surface area contributed by atoms with Crippen LogP contribution in [0.4, 0.5) is 5.69 Å². The summed E-state index contributed by atoms with van der Waals surface area (Å²) < 4.78 is 0. The van der Waals surface area contributed by atoms with Gasteiger partial charge < -0.3 is 20.2 Å². The van der Waals surface area contributed by atoms with E-state index in [-0.39, 0.29) is 0 Å². The molecule has 0 saturated carbocycles. The van der Waals surface area contributed by atoms with Crippen molar-refractivity contribution in [3.8, 4) is 5.75 Å². The summed E-state index contributed by atoms with van der Waals surface area (Å²) in [5.41, 5.74) is 2.52. The maximum atomic E-state index is 10.0. The number of aromatic hydroxyl groups is 1. The molecule has 1 heterocycles. The number of anilines is 1. The monoisotopic (exact) mass is 342 g/mol. The fraction of sp³-hybridized carbons (Fsp3) is 0.550. The number of hydrogen-bond donors (Lipinski definition) is 2. The van der Waals surface area contributed by atoms with Gasteiger partial charge in [-0.05, 0) is 44.2 Å². The zero-order valence-corrected chi connectivity index (χ0v) is 15.2. The number of rotatable bonds is 4. The van der Waals surface area contributed by atoms with Gasteiger partial charge >= 0.3 is 0 Å². The van der Waals surface area contributed by atoms with E-state index in [0.717, 1.165) is 50.8 Å². The van der Waals surface area contributed by atoms with Crippen molar-refractivity contribution < 1.29 is 5.11 Å².